The molecule has 29 heavy (non-hydrogen) atoms. The summed E-state index contributed by atoms with van der Waals surface area (Å²) in [5, 5.41) is 2.62. The van der Waals surface area contributed by atoms with Crippen LogP contribution in [0.2, 0.25) is 0 Å². The lowest BCUT2D eigenvalue weighted by atomic mass is 10.1. The third kappa shape index (κ3) is 7.04. The number of benzene rings is 1. The number of esters is 1. The fourth-order valence-electron chi connectivity index (χ4n) is 2.70. The van der Waals surface area contributed by atoms with Crippen molar-refractivity contribution in [3.05, 3.63) is 68.5 Å². The number of aryl methyl sites for hydroxylation is 1. The van der Waals surface area contributed by atoms with Crippen LogP contribution in [0.3, 0.4) is 0 Å². The highest BCUT2D eigenvalue weighted by molar-refractivity contribution is 5.84. The minimum absolute atomic E-state index is 0.0987. The van der Waals surface area contributed by atoms with Gasteiger partial charge in [-0.2, -0.15) is 0 Å². The molecule has 0 saturated heterocycles. The number of nitrogens with two attached hydrogens (primary N) is 1. The first-order valence-electron chi connectivity index (χ1n) is 9.41. The molecule has 0 aliphatic carbocycles. The van der Waals surface area contributed by atoms with Crippen molar-refractivity contribution in [2.75, 3.05) is 6.54 Å². The van der Waals surface area contributed by atoms with E-state index < -0.39 is 29.2 Å². The molecule has 0 radical (unpaired) electrons. The van der Waals surface area contributed by atoms with Crippen molar-refractivity contribution in [3.63, 3.8) is 0 Å². The number of aromatic amines is 1. The van der Waals surface area contributed by atoms with Crippen molar-refractivity contribution in [2.24, 2.45) is 5.73 Å². The van der Waals surface area contributed by atoms with Crippen LogP contribution in [-0.4, -0.2) is 34.0 Å². The molecule has 2 rings (SSSR count). The Morgan fingerprint density at radius 2 is 1.93 bits per heavy atom. The molecule has 1 atom stereocenters. The summed E-state index contributed by atoms with van der Waals surface area (Å²) in [6, 6.07) is 8.36. The van der Waals surface area contributed by atoms with E-state index >= 15 is 0 Å². The van der Waals surface area contributed by atoms with Crippen molar-refractivity contribution in [2.45, 2.75) is 45.4 Å². The van der Waals surface area contributed by atoms with Crippen LogP contribution in [0, 0.1) is 6.92 Å². The minimum Gasteiger partial charge on any atom is -0.459 e. The van der Waals surface area contributed by atoms with Gasteiger partial charge in [-0.25, -0.2) is 9.59 Å². The van der Waals surface area contributed by atoms with Gasteiger partial charge in [0.1, 0.15) is 19.2 Å². The van der Waals surface area contributed by atoms with Crippen LogP contribution in [0.4, 0.5) is 0 Å². The van der Waals surface area contributed by atoms with Crippen LogP contribution in [-0.2, 0) is 27.5 Å². The van der Waals surface area contributed by atoms with Gasteiger partial charge in [0, 0.05) is 11.8 Å². The Kier molecular flexibility index (Phi) is 8.35. The highest BCUT2D eigenvalue weighted by Gasteiger charge is 2.22. The quantitative estimate of drug-likeness (QED) is 0.384. The molecule has 0 saturated carbocycles. The van der Waals surface area contributed by atoms with E-state index in [1.165, 1.54) is 13.1 Å². The van der Waals surface area contributed by atoms with Crippen LogP contribution in [0.5, 0.6) is 0 Å². The second-order valence-electron chi connectivity index (χ2n) is 6.70. The Hall–Kier alpha value is -3.20. The average Bonchev–Trinajstić information content (AvgIpc) is 2.70. The van der Waals surface area contributed by atoms with Crippen molar-refractivity contribution in [3.8, 4) is 0 Å². The molecule has 1 amide bonds. The SMILES string of the molecule is Cc1cn(CC(=O)N[C@H](CCCCN)C(=O)OCc2ccccc2)c(=O)[nH]c1=O. The molecule has 0 aliphatic rings. The van der Waals surface area contributed by atoms with Gasteiger partial charge in [0.25, 0.3) is 5.56 Å². The van der Waals surface area contributed by atoms with Crippen LogP contribution < -0.4 is 22.3 Å². The summed E-state index contributed by atoms with van der Waals surface area (Å²) in [4.78, 5) is 50.3. The first kappa shape index (κ1) is 22.1. The topological polar surface area (TPSA) is 136 Å². The number of hydrogen-bond donors (Lipinski definition) is 3. The third-order valence-electron chi connectivity index (χ3n) is 4.29. The number of nitrogens with zero attached hydrogens (tertiary/aromatic N) is 1. The van der Waals surface area contributed by atoms with Gasteiger partial charge in [0.2, 0.25) is 5.91 Å². The fraction of sp³-hybridized carbons (Fsp3) is 0.400. The fourth-order valence-corrected chi connectivity index (χ4v) is 2.70. The predicted octanol–water partition coefficient (Wildman–Crippen LogP) is 0.202. The van der Waals surface area contributed by atoms with Crippen LogP contribution >= 0.6 is 0 Å². The number of rotatable bonds is 10. The van der Waals surface area contributed by atoms with Gasteiger partial charge in [-0.15, -0.1) is 0 Å². The molecule has 2 aromatic rings. The molecule has 0 unspecified atom stereocenters. The Morgan fingerprint density at radius 3 is 2.62 bits per heavy atom. The van der Waals surface area contributed by atoms with Gasteiger partial charge >= 0.3 is 11.7 Å². The summed E-state index contributed by atoms with van der Waals surface area (Å²) in [7, 11) is 0. The zero-order valence-electron chi connectivity index (χ0n) is 16.3. The molecule has 0 bridgehead atoms. The average molecular weight is 402 g/mol. The van der Waals surface area contributed by atoms with Crippen molar-refractivity contribution in [1.82, 2.24) is 14.9 Å². The molecule has 9 nitrogen and oxygen atoms in total. The van der Waals surface area contributed by atoms with E-state index in [-0.39, 0.29) is 13.2 Å². The van der Waals surface area contributed by atoms with Crippen LogP contribution in [0.1, 0.15) is 30.4 Å². The highest BCUT2D eigenvalue weighted by Crippen LogP contribution is 2.06. The van der Waals surface area contributed by atoms with E-state index in [4.69, 9.17) is 10.5 Å². The lowest BCUT2D eigenvalue weighted by molar-refractivity contribution is -0.149. The smallest absolute Gasteiger partial charge is 0.328 e. The lowest BCUT2D eigenvalue weighted by Crippen LogP contribution is -2.44. The second kappa shape index (κ2) is 11.0. The summed E-state index contributed by atoms with van der Waals surface area (Å²) >= 11 is 0. The van der Waals surface area contributed by atoms with Crippen molar-refractivity contribution < 1.29 is 14.3 Å². The van der Waals surface area contributed by atoms with E-state index in [9.17, 15) is 19.2 Å². The Labute approximate surface area is 167 Å². The first-order valence-corrected chi connectivity index (χ1v) is 9.41. The number of ether oxygens (including phenoxy) is 1. The zero-order chi connectivity index (χ0) is 21.2. The van der Waals surface area contributed by atoms with E-state index in [2.05, 4.69) is 10.3 Å². The number of hydrogen-bond acceptors (Lipinski definition) is 6. The van der Waals surface area contributed by atoms with Crippen molar-refractivity contribution in [1.29, 1.82) is 0 Å². The van der Waals surface area contributed by atoms with Gasteiger partial charge in [-0.3, -0.25) is 19.1 Å². The minimum atomic E-state index is -0.850. The number of nitrogens with one attached hydrogen (secondary N) is 2. The Balaban J connectivity index is 2.01. The van der Waals surface area contributed by atoms with E-state index in [1.807, 2.05) is 30.3 Å². The Morgan fingerprint density at radius 1 is 1.21 bits per heavy atom. The molecule has 1 aromatic carbocycles. The number of carbonyl (C=O) groups excluding carboxylic acids is 2. The summed E-state index contributed by atoms with van der Waals surface area (Å²) in [5.74, 6) is -1.09. The molecule has 9 heteroatoms. The van der Waals surface area contributed by atoms with Gasteiger partial charge < -0.3 is 15.8 Å². The molecule has 1 aromatic heterocycles. The van der Waals surface area contributed by atoms with Gasteiger partial charge in [0.05, 0.1) is 0 Å². The Bertz CT molecular complexity index is 936. The molecule has 0 fully saturated rings. The molecule has 1 heterocycles. The summed E-state index contributed by atoms with van der Waals surface area (Å²) < 4.78 is 6.41. The molecular weight excluding hydrogens is 376 g/mol. The number of H-pyrrole nitrogens is 1. The summed E-state index contributed by atoms with van der Waals surface area (Å²) in [5.41, 5.74) is 5.45. The normalized spacial score (nSPS) is 11.7. The number of amides is 1. The van der Waals surface area contributed by atoms with E-state index in [0.29, 0.717) is 31.4 Å². The monoisotopic (exact) mass is 402 g/mol. The van der Waals surface area contributed by atoms with Crippen LogP contribution in [0.25, 0.3) is 0 Å². The second-order valence-corrected chi connectivity index (χ2v) is 6.70. The number of unbranched alkanes of at least 4 members (excludes halogenated alkanes) is 1. The predicted molar refractivity (Wildman–Crippen MR) is 107 cm³/mol. The standard InChI is InChI=1S/C20H26N4O5/c1-14-11-24(20(28)23-18(14)26)12-17(25)22-16(9-5-6-10-21)19(27)29-13-15-7-3-2-4-8-15/h2-4,7-8,11,16H,5-6,9-10,12-13,21H2,1H3,(H,22,25)(H,23,26,28)/t16-/m1/s1. The maximum atomic E-state index is 12.5. The zero-order valence-corrected chi connectivity index (χ0v) is 16.3. The molecular formula is C20H26N4O5. The summed E-state index contributed by atoms with van der Waals surface area (Å²) in [6.45, 7) is 1.78. The molecule has 156 valence electrons. The lowest BCUT2D eigenvalue weighted by Gasteiger charge is -2.18. The van der Waals surface area contributed by atoms with Crippen molar-refractivity contribution >= 4 is 11.9 Å². The summed E-state index contributed by atoms with van der Waals surface area (Å²) in [6.07, 6.45) is 3.02. The molecule has 0 aliphatic heterocycles. The first-order chi connectivity index (χ1) is 13.9. The van der Waals surface area contributed by atoms with Gasteiger partial charge in [-0.05, 0) is 38.3 Å². The number of aromatic nitrogens is 2. The van der Waals surface area contributed by atoms with E-state index in [1.54, 1.807) is 0 Å². The highest BCUT2D eigenvalue weighted by atomic mass is 16.5. The maximum Gasteiger partial charge on any atom is 0.328 e. The van der Waals surface area contributed by atoms with Crippen LogP contribution in [0.15, 0.2) is 46.1 Å². The van der Waals surface area contributed by atoms with Gasteiger partial charge in [0.15, 0.2) is 0 Å². The third-order valence-corrected chi connectivity index (χ3v) is 4.29. The molecule has 4 N–H and O–H groups in total. The molecule has 0 spiro atoms. The number of carbonyl (C=O) groups is 2. The van der Waals surface area contributed by atoms with E-state index in [0.717, 1.165) is 10.1 Å². The van der Waals surface area contributed by atoms with Gasteiger partial charge in [-0.1, -0.05) is 30.3 Å². The maximum absolute atomic E-state index is 12.5. The largest absolute Gasteiger partial charge is 0.459 e.